The van der Waals surface area contributed by atoms with Crippen LogP contribution in [0, 0.1) is 5.41 Å². The summed E-state index contributed by atoms with van der Waals surface area (Å²) in [5.74, 6) is 0.913. The molecule has 0 bridgehead atoms. The predicted octanol–water partition coefficient (Wildman–Crippen LogP) is 2.82. The van der Waals surface area contributed by atoms with Crippen molar-refractivity contribution >= 4 is 29.1 Å². The molecular weight excluding hydrogens is 266 g/mol. The predicted molar refractivity (Wildman–Crippen MR) is 76.9 cm³/mol. The molecule has 3 nitrogen and oxygen atoms in total. The number of ether oxygens (including phenoxy) is 1. The topological polar surface area (TPSA) is 52.3 Å². The number of nitrogens with two attached hydrogens (primary N) is 1. The molecule has 100 valence electrons. The summed E-state index contributed by atoms with van der Waals surface area (Å²) >= 11 is 3.63. The van der Waals surface area contributed by atoms with Gasteiger partial charge in [0.15, 0.2) is 0 Å². The fourth-order valence-electron chi connectivity index (χ4n) is 1.95. The van der Waals surface area contributed by atoms with Gasteiger partial charge in [-0.05, 0) is 29.7 Å². The minimum absolute atomic E-state index is 0.0893. The lowest BCUT2D eigenvalue weighted by Gasteiger charge is -2.18. The van der Waals surface area contributed by atoms with Crippen molar-refractivity contribution < 1.29 is 9.53 Å². The van der Waals surface area contributed by atoms with Gasteiger partial charge in [0.05, 0.1) is 18.8 Å². The highest BCUT2D eigenvalue weighted by atomic mass is 32.2. The molecule has 2 N–H and O–H groups in total. The Labute approximate surface area is 116 Å². The van der Waals surface area contributed by atoms with Crippen LogP contribution in [0.1, 0.15) is 29.4 Å². The Kier molecular flexibility index (Phi) is 4.70. The van der Waals surface area contributed by atoms with Crippen LogP contribution in [0.25, 0.3) is 0 Å². The van der Waals surface area contributed by atoms with Crippen LogP contribution in [0.4, 0.5) is 0 Å². The van der Waals surface area contributed by atoms with E-state index in [1.807, 2.05) is 11.8 Å². The molecule has 1 aromatic rings. The van der Waals surface area contributed by atoms with Crippen LogP contribution in [-0.4, -0.2) is 25.4 Å². The van der Waals surface area contributed by atoms with Gasteiger partial charge in [0.25, 0.3) is 0 Å². The van der Waals surface area contributed by atoms with E-state index >= 15 is 0 Å². The van der Waals surface area contributed by atoms with Crippen LogP contribution >= 0.6 is 23.1 Å². The number of esters is 1. The van der Waals surface area contributed by atoms with Gasteiger partial charge in [-0.3, -0.25) is 4.79 Å². The van der Waals surface area contributed by atoms with Gasteiger partial charge in [0.2, 0.25) is 0 Å². The van der Waals surface area contributed by atoms with Crippen molar-refractivity contribution in [3.63, 3.8) is 0 Å². The number of carbonyl (C=O) groups is 1. The van der Waals surface area contributed by atoms with Crippen molar-refractivity contribution in [2.45, 2.75) is 24.5 Å². The molecule has 0 aliphatic heterocycles. The monoisotopic (exact) mass is 285 g/mol. The average molecular weight is 285 g/mol. The van der Waals surface area contributed by atoms with Gasteiger partial charge in [-0.25, -0.2) is 0 Å². The maximum Gasteiger partial charge on any atom is 0.306 e. The van der Waals surface area contributed by atoms with Crippen LogP contribution in [0.2, 0.25) is 0 Å². The Morgan fingerprint density at radius 1 is 1.67 bits per heavy atom. The number of hydrogen-bond acceptors (Lipinski definition) is 5. The normalized spacial score (nSPS) is 18.3. The number of carbonyl (C=O) groups excluding carboxylic acids is 1. The summed E-state index contributed by atoms with van der Waals surface area (Å²) in [5, 5.41) is 2.44. The fourth-order valence-corrected chi connectivity index (χ4v) is 4.36. The molecular formula is C13H19NO2S2. The molecule has 1 unspecified atom stereocenters. The zero-order chi connectivity index (χ0) is 13.0. The van der Waals surface area contributed by atoms with Crippen LogP contribution < -0.4 is 5.73 Å². The van der Waals surface area contributed by atoms with E-state index < -0.39 is 0 Å². The molecule has 1 atom stereocenters. The zero-order valence-electron chi connectivity index (χ0n) is 10.6. The van der Waals surface area contributed by atoms with Gasteiger partial charge in [0.1, 0.15) is 0 Å². The molecule has 0 saturated heterocycles. The van der Waals surface area contributed by atoms with Gasteiger partial charge in [-0.2, -0.15) is 11.8 Å². The molecule has 18 heavy (non-hydrogen) atoms. The number of thioether (sulfide) groups is 1. The van der Waals surface area contributed by atoms with Crippen LogP contribution in [0.5, 0.6) is 0 Å². The van der Waals surface area contributed by atoms with E-state index in [4.69, 9.17) is 10.5 Å². The maximum absolute atomic E-state index is 11.4. The Bertz CT molecular complexity index is 388. The van der Waals surface area contributed by atoms with E-state index in [1.165, 1.54) is 12.0 Å². The first-order chi connectivity index (χ1) is 8.69. The Morgan fingerprint density at radius 3 is 2.94 bits per heavy atom. The Morgan fingerprint density at radius 2 is 2.44 bits per heavy atom. The van der Waals surface area contributed by atoms with E-state index in [2.05, 4.69) is 17.5 Å². The molecule has 0 amide bonds. The largest absolute Gasteiger partial charge is 0.469 e. The van der Waals surface area contributed by atoms with Crippen molar-refractivity contribution in [2.75, 3.05) is 19.4 Å². The first-order valence-electron chi connectivity index (χ1n) is 6.11. The first-order valence-corrected chi connectivity index (χ1v) is 8.04. The average Bonchev–Trinajstić information content (AvgIpc) is 2.92. The van der Waals surface area contributed by atoms with Crippen LogP contribution in [-0.2, 0) is 9.53 Å². The Hall–Kier alpha value is -0.520. The van der Waals surface area contributed by atoms with Crippen LogP contribution in [0.3, 0.4) is 0 Å². The van der Waals surface area contributed by atoms with Crippen LogP contribution in [0.15, 0.2) is 17.5 Å². The summed E-state index contributed by atoms with van der Waals surface area (Å²) < 4.78 is 4.76. The zero-order valence-corrected chi connectivity index (χ0v) is 12.2. The fraction of sp³-hybridized carbons (Fsp3) is 0.615. The first kappa shape index (κ1) is 13.9. The molecule has 5 heteroatoms. The van der Waals surface area contributed by atoms with Crippen molar-refractivity contribution in [3.05, 3.63) is 22.4 Å². The maximum atomic E-state index is 11.4. The second kappa shape index (κ2) is 6.08. The second-order valence-corrected chi connectivity index (χ2v) is 6.97. The summed E-state index contributed by atoms with van der Waals surface area (Å²) in [5.41, 5.74) is 6.02. The third-order valence-corrected chi connectivity index (χ3v) is 6.13. The lowest BCUT2D eigenvalue weighted by molar-refractivity contribution is -0.141. The van der Waals surface area contributed by atoms with E-state index in [9.17, 15) is 4.79 Å². The van der Waals surface area contributed by atoms with Crippen molar-refractivity contribution in [2.24, 2.45) is 11.1 Å². The van der Waals surface area contributed by atoms with E-state index in [1.54, 1.807) is 11.3 Å². The van der Waals surface area contributed by atoms with E-state index in [0.717, 1.165) is 18.6 Å². The summed E-state index contributed by atoms with van der Waals surface area (Å²) in [7, 11) is 1.46. The summed E-state index contributed by atoms with van der Waals surface area (Å²) in [6.45, 7) is 0.652. The third kappa shape index (κ3) is 3.49. The number of rotatable bonds is 7. The molecule has 1 aliphatic rings. The van der Waals surface area contributed by atoms with Crippen molar-refractivity contribution in [3.8, 4) is 0 Å². The van der Waals surface area contributed by atoms with Gasteiger partial charge >= 0.3 is 5.97 Å². The minimum Gasteiger partial charge on any atom is -0.469 e. The van der Waals surface area contributed by atoms with Gasteiger partial charge < -0.3 is 10.5 Å². The highest BCUT2D eigenvalue weighted by Gasteiger charge is 2.44. The minimum atomic E-state index is -0.0893. The molecule has 1 aliphatic carbocycles. The third-order valence-electron chi connectivity index (χ3n) is 3.37. The Balaban J connectivity index is 1.85. The molecule has 0 spiro atoms. The SMILES string of the molecule is COC(=O)CC1(CSC(CN)c2cccs2)CC1. The van der Waals surface area contributed by atoms with Crippen molar-refractivity contribution in [1.82, 2.24) is 0 Å². The highest BCUT2D eigenvalue weighted by Crippen LogP contribution is 2.53. The summed E-state index contributed by atoms with van der Waals surface area (Å²) in [6.07, 6.45) is 2.83. The van der Waals surface area contributed by atoms with Gasteiger partial charge in [0, 0.05) is 17.2 Å². The smallest absolute Gasteiger partial charge is 0.306 e. The molecule has 0 aromatic carbocycles. The lowest BCUT2D eigenvalue weighted by Crippen LogP contribution is -2.16. The van der Waals surface area contributed by atoms with E-state index in [-0.39, 0.29) is 11.4 Å². The molecule has 2 rings (SSSR count). The molecule has 0 radical (unpaired) electrons. The second-order valence-electron chi connectivity index (χ2n) is 4.80. The number of methoxy groups -OCH3 is 1. The van der Waals surface area contributed by atoms with Gasteiger partial charge in [-0.1, -0.05) is 6.07 Å². The number of hydrogen-bond donors (Lipinski definition) is 1. The number of thiophene rings is 1. The molecule has 1 aromatic heterocycles. The standard InChI is InChI=1S/C13H19NO2S2/c1-16-12(15)7-13(4-5-13)9-18-11(8-14)10-3-2-6-17-10/h2-3,6,11H,4-5,7-9,14H2,1H3. The van der Waals surface area contributed by atoms with Crippen molar-refractivity contribution in [1.29, 1.82) is 0 Å². The lowest BCUT2D eigenvalue weighted by atomic mass is 10.1. The molecule has 1 saturated carbocycles. The summed E-state index contributed by atoms with van der Waals surface area (Å²) in [6, 6.07) is 4.19. The molecule has 1 heterocycles. The van der Waals surface area contributed by atoms with E-state index in [0.29, 0.717) is 18.2 Å². The van der Waals surface area contributed by atoms with Gasteiger partial charge in [-0.15, -0.1) is 11.3 Å². The quantitative estimate of drug-likeness (QED) is 0.783. The highest BCUT2D eigenvalue weighted by molar-refractivity contribution is 7.99. The molecule has 1 fully saturated rings. The summed E-state index contributed by atoms with van der Waals surface area (Å²) in [4.78, 5) is 12.7.